The van der Waals surface area contributed by atoms with Crippen LogP contribution >= 0.6 is 0 Å². The second kappa shape index (κ2) is 9.65. The smallest absolute Gasteiger partial charge is 0.220 e. The van der Waals surface area contributed by atoms with Crippen molar-refractivity contribution in [2.45, 2.75) is 44.6 Å². The minimum Gasteiger partial charge on any atom is -0.354 e. The van der Waals surface area contributed by atoms with E-state index in [2.05, 4.69) is 28.4 Å². The number of likely N-dealkylation sites (N-methyl/N-ethyl adjacent to an activating group) is 1. The third kappa shape index (κ3) is 5.29. The Kier molecular flexibility index (Phi) is 6.99. The lowest BCUT2D eigenvalue weighted by molar-refractivity contribution is -0.121. The number of hydrogen-bond acceptors (Lipinski definition) is 3. The molecule has 0 aromatic heterocycles. The molecule has 1 aliphatic carbocycles. The molecule has 1 atom stereocenters. The number of amides is 1. The van der Waals surface area contributed by atoms with Gasteiger partial charge in [0.2, 0.25) is 5.91 Å². The van der Waals surface area contributed by atoms with Crippen LogP contribution in [0, 0.1) is 0 Å². The summed E-state index contributed by atoms with van der Waals surface area (Å²) in [6.07, 6.45) is 5.08. The van der Waals surface area contributed by atoms with E-state index in [-0.39, 0.29) is 30.6 Å². The van der Waals surface area contributed by atoms with Gasteiger partial charge in [0.25, 0.3) is 0 Å². The van der Waals surface area contributed by atoms with Gasteiger partial charge in [0.15, 0.2) is 5.78 Å². The molecule has 1 N–H and O–H groups in total. The third-order valence-electron chi connectivity index (χ3n) is 5.55. The molecule has 0 aliphatic heterocycles. The molecule has 0 radical (unpaired) electrons. The number of aryl methyl sites for hydroxylation is 2. The lowest BCUT2D eigenvalue weighted by Gasteiger charge is -2.25. The molecule has 2 aromatic rings. The van der Waals surface area contributed by atoms with Crippen LogP contribution in [0.3, 0.4) is 0 Å². The largest absolute Gasteiger partial charge is 0.354 e. The monoisotopic (exact) mass is 378 g/mol. The highest BCUT2D eigenvalue weighted by Crippen LogP contribution is 2.23. The van der Waals surface area contributed by atoms with Crippen molar-refractivity contribution in [3.8, 4) is 0 Å². The van der Waals surface area contributed by atoms with Crippen molar-refractivity contribution in [3.05, 3.63) is 70.8 Å². The maximum atomic E-state index is 12.5. The van der Waals surface area contributed by atoms with Gasteiger partial charge in [-0.3, -0.25) is 9.59 Å². The Morgan fingerprint density at radius 2 is 1.68 bits per heavy atom. The summed E-state index contributed by atoms with van der Waals surface area (Å²) in [7, 11) is 4.01. The third-order valence-corrected chi connectivity index (χ3v) is 5.55. The van der Waals surface area contributed by atoms with Crippen molar-refractivity contribution in [1.29, 1.82) is 0 Å². The van der Waals surface area contributed by atoms with E-state index in [0.29, 0.717) is 6.54 Å². The van der Waals surface area contributed by atoms with Gasteiger partial charge in [0, 0.05) is 24.9 Å². The van der Waals surface area contributed by atoms with Gasteiger partial charge in [0.05, 0.1) is 6.04 Å². The van der Waals surface area contributed by atoms with Crippen LogP contribution < -0.4 is 5.32 Å². The van der Waals surface area contributed by atoms with E-state index in [9.17, 15) is 9.59 Å². The van der Waals surface area contributed by atoms with Crippen LogP contribution in [-0.2, 0) is 17.6 Å². The fourth-order valence-electron chi connectivity index (χ4n) is 3.85. The number of nitrogens with one attached hydrogen (secondary N) is 1. The quantitative estimate of drug-likeness (QED) is 0.708. The Morgan fingerprint density at radius 1 is 0.964 bits per heavy atom. The van der Waals surface area contributed by atoms with E-state index in [1.165, 1.54) is 24.0 Å². The molecule has 4 nitrogen and oxygen atoms in total. The highest BCUT2D eigenvalue weighted by molar-refractivity contribution is 5.98. The molecule has 4 heteroatoms. The Labute approximate surface area is 167 Å². The number of hydrogen-bond donors (Lipinski definition) is 1. The normalized spacial score (nSPS) is 14.4. The van der Waals surface area contributed by atoms with Crippen LogP contribution in [-0.4, -0.2) is 37.2 Å². The molecule has 2 aromatic carbocycles. The molecule has 0 bridgehead atoms. The zero-order valence-electron chi connectivity index (χ0n) is 16.9. The summed E-state index contributed by atoms with van der Waals surface area (Å²) in [6.45, 7) is 0.531. The van der Waals surface area contributed by atoms with Crippen LogP contribution in [0.4, 0.5) is 0 Å². The molecule has 0 saturated heterocycles. The number of carbonyl (C=O) groups excluding carboxylic acids is 2. The van der Waals surface area contributed by atoms with Crippen molar-refractivity contribution in [2.75, 3.05) is 20.6 Å². The Balaban J connectivity index is 1.50. The molecule has 3 rings (SSSR count). The van der Waals surface area contributed by atoms with Crippen molar-refractivity contribution in [2.24, 2.45) is 0 Å². The number of fused-ring (bicyclic) bond motifs is 1. The summed E-state index contributed by atoms with van der Waals surface area (Å²) in [5.41, 5.74) is 4.58. The first kappa shape index (κ1) is 20.3. The molecule has 28 heavy (non-hydrogen) atoms. The second-order valence-corrected chi connectivity index (χ2v) is 7.81. The summed E-state index contributed by atoms with van der Waals surface area (Å²) >= 11 is 0. The first-order valence-electron chi connectivity index (χ1n) is 10.2. The minimum absolute atomic E-state index is 0.0516. The lowest BCUT2D eigenvalue weighted by atomic mass is 9.89. The number of rotatable bonds is 8. The van der Waals surface area contributed by atoms with E-state index in [4.69, 9.17) is 0 Å². The average molecular weight is 379 g/mol. The van der Waals surface area contributed by atoms with Gasteiger partial charge in [-0.1, -0.05) is 42.5 Å². The van der Waals surface area contributed by atoms with Crippen LogP contribution in [0.5, 0.6) is 0 Å². The maximum absolute atomic E-state index is 12.5. The van der Waals surface area contributed by atoms with E-state index in [1.807, 2.05) is 44.4 Å². The van der Waals surface area contributed by atoms with Crippen LogP contribution in [0.1, 0.15) is 58.8 Å². The van der Waals surface area contributed by atoms with E-state index < -0.39 is 0 Å². The molecule has 148 valence electrons. The summed E-state index contributed by atoms with van der Waals surface area (Å²) in [6, 6.07) is 16.3. The highest BCUT2D eigenvalue weighted by atomic mass is 16.2. The summed E-state index contributed by atoms with van der Waals surface area (Å²) < 4.78 is 0. The lowest BCUT2D eigenvalue weighted by Crippen LogP contribution is -2.34. The van der Waals surface area contributed by atoms with Crippen molar-refractivity contribution in [1.82, 2.24) is 10.2 Å². The summed E-state index contributed by atoms with van der Waals surface area (Å²) in [5.74, 6) is -0.0233. The van der Waals surface area contributed by atoms with E-state index in [0.717, 1.165) is 24.0 Å². The number of Topliss-reactive ketones (excluding diaryl/α,β-unsaturated/α-hetero) is 1. The van der Waals surface area contributed by atoms with Crippen LogP contribution in [0.25, 0.3) is 0 Å². The van der Waals surface area contributed by atoms with E-state index >= 15 is 0 Å². The molecular formula is C24H30N2O2. The molecular weight excluding hydrogens is 348 g/mol. The second-order valence-electron chi connectivity index (χ2n) is 7.81. The average Bonchev–Trinajstić information content (AvgIpc) is 2.72. The Morgan fingerprint density at radius 3 is 2.39 bits per heavy atom. The fraction of sp³-hybridized carbons (Fsp3) is 0.417. The van der Waals surface area contributed by atoms with Gasteiger partial charge in [0.1, 0.15) is 0 Å². The van der Waals surface area contributed by atoms with Crippen molar-refractivity contribution < 1.29 is 9.59 Å². The zero-order chi connectivity index (χ0) is 19.9. The predicted octanol–water partition coefficient (Wildman–Crippen LogP) is 3.95. The Hall–Kier alpha value is -2.46. The molecule has 0 fully saturated rings. The number of ketones is 1. The van der Waals surface area contributed by atoms with Crippen LogP contribution in [0.2, 0.25) is 0 Å². The van der Waals surface area contributed by atoms with E-state index in [1.54, 1.807) is 0 Å². The predicted molar refractivity (Wildman–Crippen MR) is 113 cm³/mol. The summed E-state index contributed by atoms with van der Waals surface area (Å²) in [4.78, 5) is 26.9. The van der Waals surface area contributed by atoms with Gasteiger partial charge < -0.3 is 10.2 Å². The standard InChI is InChI=1S/C24H30N2O2/c1-26(2)22(19-9-4-3-5-10-19)17-25-24(28)15-14-23(27)21-13-12-18-8-6-7-11-20(18)16-21/h3-5,9-10,12-13,16,22H,6-8,11,14-15,17H2,1-2H3,(H,25,28)/t22-/m1/s1. The minimum atomic E-state index is -0.0749. The first-order chi connectivity index (χ1) is 13.5. The van der Waals surface area contributed by atoms with Gasteiger partial charge in [-0.2, -0.15) is 0 Å². The van der Waals surface area contributed by atoms with Gasteiger partial charge in [-0.25, -0.2) is 0 Å². The topological polar surface area (TPSA) is 49.4 Å². The molecule has 1 amide bonds. The van der Waals surface area contributed by atoms with Crippen molar-refractivity contribution >= 4 is 11.7 Å². The molecule has 0 unspecified atom stereocenters. The number of nitrogens with zero attached hydrogens (tertiary/aromatic N) is 1. The molecule has 0 spiro atoms. The van der Waals surface area contributed by atoms with Crippen molar-refractivity contribution in [3.63, 3.8) is 0 Å². The molecule has 1 aliphatic rings. The number of carbonyl (C=O) groups is 2. The number of benzene rings is 2. The molecule has 0 heterocycles. The Bertz CT molecular complexity index is 815. The SMILES string of the molecule is CN(C)[C@H](CNC(=O)CCC(=O)c1ccc2c(c1)CCCC2)c1ccccc1. The fourth-order valence-corrected chi connectivity index (χ4v) is 3.85. The first-order valence-corrected chi connectivity index (χ1v) is 10.2. The maximum Gasteiger partial charge on any atom is 0.220 e. The zero-order valence-corrected chi connectivity index (χ0v) is 16.9. The molecule has 0 saturated carbocycles. The summed E-state index contributed by atoms with van der Waals surface area (Å²) in [5, 5.41) is 2.99. The van der Waals surface area contributed by atoms with Gasteiger partial charge >= 0.3 is 0 Å². The highest BCUT2D eigenvalue weighted by Gasteiger charge is 2.17. The van der Waals surface area contributed by atoms with Gasteiger partial charge in [-0.05, 0) is 62.5 Å². The van der Waals surface area contributed by atoms with Gasteiger partial charge in [-0.15, -0.1) is 0 Å². The van der Waals surface area contributed by atoms with Crippen LogP contribution in [0.15, 0.2) is 48.5 Å².